The predicted molar refractivity (Wildman–Crippen MR) is 114 cm³/mol. The molecule has 1 aliphatic rings. The Morgan fingerprint density at radius 2 is 2.03 bits per heavy atom. The predicted octanol–water partition coefficient (Wildman–Crippen LogP) is 2.27. The Hall–Kier alpha value is -2.49. The van der Waals surface area contributed by atoms with Crippen molar-refractivity contribution in [3.63, 3.8) is 0 Å². The van der Waals surface area contributed by atoms with Crippen LogP contribution in [0.3, 0.4) is 0 Å². The summed E-state index contributed by atoms with van der Waals surface area (Å²) < 4.78 is 41.3. The molecule has 0 saturated carbocycles. The van der Waals surface area contributed by atoms with Crippen LogP contribution in [-0.2, 0) is 11.3 Å². The van der Waals surface area contributed by atoms with Crippen LogP contribution >= 0.6 is 0 Å². The number of hydrogen-bond donors (Lipinski definition) is 3. The lowest BCUT2D eigenvalue weighted by molar-refractivity contribution is -0.153. The number of carbonyl (C=O) groups excluding carboxylic acids is 1. The number of primary amides is 1. The molecule has 10 heteroatoms. The summed E-state index contributed by atoms with van der Waals surface area (Å²) in [6.45, 7) is 5.10. The molecule has 0 radical (unpaired) electrons. The summed E-state index contributed by atoms with van der Waals surface area (Å²) in [4.78, 5) is 18.2. The number of halogens is 3. The van der Waals surface area contributed by atoms with Crippen LogP contribution in [0.25, 0.3) is 0 Å². The van der Waals surface area contributed by atoms with Crippen molar-refractivity contribution in [2.24, 2.45) is 16.6 Å². The van der Waals surface area contributed by atoms with E-state index < -0.39 is 12.8 Å². The molecular weight excluding hydrogens is 411 g/mol. The van der Waals surface area contributed by atoms with E-state index in [1.165, 1.54) is 12.1 Å². The Balaban J connectivity index is 1.75. The van der Waals surface area contributed by atoms with Crippen LogP contribution in [0, 0.1) is 5.92 Å². The van der Waals surface area contributed by atoms with Crippen molar-refractivity contribution in [1.29, 1.82) is 0 Å². The van der Waals surface area contributed by atoms with Crippen LogP contribution in [0.2, 0.25) is 0 Å². The summed E-state index contributed by atoms with van der Waals surface area (Å²) in [5, 5.41) is 6.46. The van der Waals surface area contributed by atoms with E-state index in [0.717, 1.165) is 51.0 Å². The molecule has 0 bridgehead atoms. The number of piperidine rings is 1. The summed E-state index contributed by atoms with van der Waals surface area (Å²) in [5.41, 5.74) is 6.29. The third-order valence-corrected chi connectivity index (χ3v) is 4.94. The van der Waals surface area contributed by atoms with Gasteiger partial charge in [0.15, 0.2) is 12.6 Å². The SMILES string of the molecule is CCNC(=NCc1ccc(OCC(F)(F)F)cc1)NCCCN1CCCC(C(N)=O)C1. The second-order valence-corrected chi connectivity index (χ2v) is 7.57. The van der Waals surface area contributed by atoms with Crippen molar-refractivity contribution < 1.29 is 22.7 Å². The van der Waals surface area contributed by atoms with Crippen molar-refractivity contribution in [2.75, 3.05) is 39.3 Å². The van der Waals surface area contributed by atoms with Crippen molar-refractivity contribution in [2.45, 2.75) is 38.9 Å². The van der Waals surface area contributed by atoms with E-state index in [4.69, 9.17) is 10.5 Å². The van der Waals surface area contributed by atoms with Gasteiger partial charge in [-0.15, -0.1) is 0 Å². The molecule has 174 valence electrons. The molecule has 0 spiro atoms. The molecule has 1 aromatic carbocycles. The number of guanidine groups is 1. The van der Waals surface area contributed by atoms with Crippen LogP contribution in [-0.4, -0.2) is 62.3 Å². The van der Waals surface area contributed by atoms with Gasteiger partial charge in [-0.25, -0.2) is 4.99 Å². The van der Waals surface area contributed by atoms with Gasteiger partial charge in [-0.1, -0.05) is 12.1 Å². The number of hydrogen-bond acceptors (Lipinski definition) is 4. The lowest BCUT2D eigenvalue weighted by Gasteiger charge is -2.31. The summed E-state index contributed by atoms with van der Waals surface area (Å²) in [5.74, 6) is 0.579. The molecule has 4 N–H and O–H groups in total. The number of carbonyl (C=O) groups is 1. The fourth-order valence-electron chi connectivity index (χ4n) is 3.37. The van der Waals surface area contributed by atoms with Gasteiger partial charge in [0.25, 0.3) is 0 Å². The van der Waals surface area contributed by atoms with Crippen molar-refractivity contribution in [3.05, 3.63) is 29.8 Å². The normalized spacial score (nSPS) is 17.9. The summed E-state index contributed by atoms with van der Waals surface area (Å²) in [7, 11) is 0. The highest BCUT2D eigenvalue weighted by atomic mass is 19.4. The van der Waals surface area contributed by atoms with Gasteiger partial charge in [-0.2, -0.15) is 13.2 Å². The van der Waals surface area contributed by atoms with Gasteiger partial charge in [-0.05, 0) is 57.0 Å². The number of ether oxygens (including phenoxy) is 1. The van der Waals surface area contributed by atoms with E-state index in [1.54, 1.807) is 12.1 Å². The van der Waals surface area contributed by atoms with Gasteiger partial charge in [0, 0.05) is 19.6 Å². The molecule has 1 unspecified atom stereocenters. The second kappa shape index (κ2) is 12.4. The quantitative estimate of drug-likeness (QED) is 0.293. The topological polar surface area (TPSA) is 92.0 Å². The molecule has 1 heterocycles. The molecule has 0 aliphatic carbocycles. The number of nitrogens with two attached hydrogens (primary N) is 1. The van der Waals surface area contributed by atoms with Gasteiger partial charge >= 0.3 is 6.18 Å². The van der Waals surface area contributed by atoms with Crippen LogP contribution in [0.1, 0.15) is 31.7 Å². The highest BCUT2D eigenvalue weighted by Gasteiger charge is 2.28. The number of nitrogens with one attached hydrogen (secondary N) is 2. The number of nitrogens with zero attached hydrogens (tertiary/aromatic N) is 2. The van der Waals surface area contributed by atoms with Crippen LogP contribution < -0.4 is 21.1 Å². The Morgan fingerprint density at radius 3 is 2.68 bits per heavy atom. The number of benzene rings is 1. The van der Waals surface area contributed by atoms with Crippen molar-refractivity contribution >= 4 is 11.9 Å². The molecule has 2 rings (SSSR count). The largest absolute Gasteiger partial charge is 0.484 e. The van der Waals surface area contributed by atoms with Crippen LogP contribution in [0.5, 0.6) is 5.75 Å². The first-order valence-corrected chi connectivity index (χ1v) is 10.6. The van der Waals surface area contributed by atoms with E-state index in [9.17, 15) is 18.0 Å². The van der Waals surface area contributed by atoms with Gasteiger partial charge < -0.3 is 26.0 Å². The highest BCUT2D eigenvalue weighted by molar-refractivity contribution is 5.79. The number of rotatable bonds is 10. The molecule has 7 nitrogen and oxygen atoms in total. The Labute approximate surface area is 181 Å². The zero-order valence-electron chi connectivity index (χ0n) is 17.9. The highest BCUT2D eigenvalue weighted by Crippen LogP contribution is 2.19. The molecule has 0 aromatic heterocycles. The average Bonchev–Trinajstić information content (AvgIpc) is 2.74. The lowest BCUT2D eigenvalue weighted by atomic mass is 9.97. The Morgan fingerprint density at radius 1 is 1.29 bits per heavy atom. The Bertz CT molecular complexity index is 710. The van der Waals surface area contributed by atoms with Crippen molar-refractivity contribution in [1.82, 2.24) is 15.5 Å². The fourth-order valence-corrected chi connectivity index (χ4v) is 3.37. The number of likely N-dealkylation sites (tertiary alicyclic amines) is 1. The summed E-state index contributed by atoms with van der Waals surface area (Å²) in [6.07, 6.45) is -1.59. The lowest BCUT2D eigenvalue weighted by Crippen LogP contribution is -2.43. The van der Waals surface area contributed by atoms with E-state index in [0.29, 0.717) is 19.0 Å². The third-order valence-electron chi connectivity index (χ3n) is 4.94. The van der Waals surface area contributed by atoms with Crippen LogP contribution in [0.15, 0.2) is 29.3 Å². The molecule has 1 atom stereocenters. The molecule has 1 saturated heterocycles. The minimum absolute atomic E-state index is 0.0501. The maximum Gasteiger partial charge on any atom is 0.422 e. The monoisotopic (exact) mass is 443 g/mol. The van der Waals surface area contributed by atoms with Crippen LogP contribution in [0.4, 0.5) is 13.2 Å². The minimum atomic E-state index is -4.35. The summed E-state index contributed by atoms with van der Waals surface area (Å²) in [6, 6.07) is 6.42. The van der Waals surface area contributed by atoms with Gasteiger partial charge in [0.1, 0.15) is 5.75 Å². The van der Waals surface area contributed by atoms with Gasteiger partial charge in [0.2, 0.25) is 5.91 Å². The molecular formula is C21H32F3N5O2. The smallest absolute Gasteiger partial charge is 0.422 e. The van der Waals surface area contributed by atoms with Gasteiger partial charge in [-0.3, -0.25) is 4.79 Å². The van der Waals surface area contributed by atoms with E-state index >= 15 is 0 Å². The third kappa shape index (κ3) is 9.91. The average molecular weight is 444 g/mol. The number of amides is 1. The standard InChI is InChI=1S/C21H32F3N5O2/c1-2-26-20(27-10-4-12-29-11-3-5-17(14-29)19(25)30)28-13-16-6-8-18(9-7-16)31-15-21(22,23)24/h6-9,17H,2-5,10-15H2,1H3,(H2,25,30)(H2,26,27,28). The molecule has 31 heavy (non-hydrogen) atoms. The Kier molecular flexibility index (Phi) is 9.90. The molecule has 1 aromatic rings. The first kappa shape index (κ1) is 24.8. The molecule has 1 fully saturated rings. The number of alkyl halides is 3. The minimum Gasteiger partial charge on any atom is -0.484 e. The first-order chi connectivity index (χ1) is 14.8. The zero-order valence-corrected chi connectivity index (χ0v) is 17.9. The molecule has 1 aliphatic heterocycles. The van der Waals surface area contributed by atoms with E-state index in [1.807, 2.05) is 6.92 Å². The maximum absolute atomic E-state index is 12.2. The first-order valence-electron chi connectivity index (χ1n) is 10.6. The van der Waals surface area contributed by atoms with E-state index in [-0.39, 0.29) is 17.6 Å². The van der Waals surface area contributed by atoms with Crippen molar-refractivity contribution in [3.8, 4) is 5.75 Å². The van der Waals surface area contributed by atoms with Gasteiger partial charge in [0.05, 0.1) is 12.5 Å². The van der Waals surface area contributed by atoms with E-state index in [2.05, 4.69) is 20.5 Å². The second-order valence-electron chi connectivity index (χ2n) is 7.57. The summed E-state index contributed by atoms with van der Waals surface area (Å²) >= 11 is 0. The maximum atomic E-state index is 12.2. The number of aliphatic imine (C=N–C) groups is 1. The zero-order chi connectivity index (χ0) is 22.7. The fraction of sp³-hybridized carbons (Fsp3) is 0.619. The molecule has 1 amide bonds.